The van der Waals surface area contributed by atoms with E-state index in [4.69, 9.17) is 24.7 Å². The normalized spacial score (nSPS) is 21.0. The van der Waals surface area contributed by atoms with E-state index in [2.05, 4.69) is 15.0 Å². The van der Waals surface area contributed by atoms with Crippen molar-refractivity contribution in [3.05, 3.63) is 12.2 Å². The molecule has 1 fully saturated rings. The van der Waals surface area contributed by atoms with Crippen molar-refractivity contribution >= 4 is 28.9 Å². The Hall–Kier alpha value is -2.86. The molecule has 3 atom stereocenters. The highest BCUT2D eigenvalue weighted by molar-refractivity contribution is 5.98. The van der Waals surface area contributed by atoms with Gasteiger partial charge in [-0.05, 0) is 13.8 Å². The number of rotatable bonds is 9. The van der Waals surface area contributed by atoms with Crippen LogP contribution < -0.4 is 5.73 Å². The summed E-state index contributed by atoms with van der Waals surface area (Å²) < 4.78 is 37.2. The molecule has 12 heteroatoms. The fourth-order valence-corrected chi connectivity index (χ4v) is 3.25. The maximum atomic E-state index is 14.8. The van der Waals surface area contributed by atoms with Gasteiger partial charge >= 0.3 is 11.9 Å². The average Bonchev–Trinajstić information content (AvgIpc) is 3.31. The molecule has 0 spiro atoms. The molecule has 31 heavy (non-hydrogen) atoms. The summed E-state index contributed by atoms with van der Waals surface area (Å²) >= 11 is 0. The van der Waals surface area contributed by atoms with Crippen LogP contribution in [0, 0.1) is 0 Å². The van der Waals surface area contributed by atoms with Crippen LogP contribution in [0.25, 0.3) is 11.2 Å². The number of halogens is 1. The standard InChI is InChI=1S/C19H26FN5O6/c1-4-12-23-15(21)13-16(24-12)25(9-22-13)17-11(20)7-10(31-17)8-30-14(18(26)28-5-2)19(27)29-6-3/h9-11,14,17H,4-8H2,1-3H3,(H2,21,23,24). The van der Waals surface area contributed by atoms with Crippen molar-refractivity contribution in [3.8, 4) is 0 Å². The number of carbonyl (C=O) groups is 2. The van der Waals surface area contributed by atoms with Gasteiger partial charge in [0.05, 0.1) is 32.3 Å². The van der Waals surface area contributed by atoms with Crippen molar-refractivity contribution in [2.45, 2.75) is 58.2 Å². The Morgan fingerprint density at radius 2 is 1.94 bits per heavy atom. The topological polar surface area (TPSA) is 141 Å². The minimum Gasteiger partial charge on any atom is -0.464 e. The Labute approximate surface area is 178 Å². The number of aryl methyl sites for hydroxylation is 1. The van der Waals surface area contributed by atoms with Crippen molar-refractivity contribution in [2.24, 2.45) is 0 Å². The zero-order chi connectivity index (χ0) is 22.5. The quantitative estimate of drug-likeness (QED) is 0.446. The summed E-state index contributed by atoms with van der Waals surface area (Å²) in [6.07, 6.45) is -2.74. The molecule has 2 aromatic rings. The third kappa shape index (κ3) is 4.90. The number of fused-ring (bicyclic) bond motifs is 1. The number of aromatic nitrogens is 4. The molecule has 2 aromatic heterocycles. The van der Waals surface area contributed by atoms with Crippen LogP contribution in [0.1, 0.15) is 39.2 Å². The summed E-state index contributed by atoms with van der Waals surface area (Å²) in [4.78, 5) is 36.7. The number of carbonyl (C=O) groups excluding carboxylic acids is 2. The van der Waals surface area contributed by atoms with Crippen LogP contribution >= 0.6 is 0 Å². The van der Waals surface area contributed by atoms with Crippen molar-refractivity contribution < 1.29 is 32.9 Å². The fourth-order valence-electron chi connectivity index (χ4n) is 3.25. The van der Waals surface area contributed by atoms with Crippen molar-refractivity contribution in [2.75, 3.05) is 25.6 Å². The first kappa shape index (κ1) is 22.8. The Bertz CT molecular complexity index is 920. The third-order valence-corrected chi connectivity index (χ3v) is 4.66. The van der Waals surface area contributed by atoms with E-state index in [1.54, 1.807) is 13.8 Å². The lowest BCUT2D eigenvalue weighted by Gasteiger charge is -2.18. The van der Waals surface area contributed by atoms with Gasteiger partial charge in [-0.2, -0.15) is 0 Å². The van der Waals surface area contributed by atoms with Gasteiger partial charge in [0.15, 0.2) is 17.7 Å². The molecular weight excluding hydrogens is 413 g/mol. The first-order chi connectivity index (χ1) is 14.9. The number of nitrogens with two attached hydrogens (primary N) is 1. The number of nitrogens with zero attached hydrogens (tertiary/aromatic N) is 4. The van der Waals surface area contributed by atoms with E-state index in [0.717, 1.165) is 0 Å². The van der Waals surface area contributed by atoms with Crippen LogP contribution in [0.4, 0.5) is 10.2 Å². The molecule has 2 N–H and O–H groups in total. The number of ether oxygens (including phenoxy) is 4. The zero-order valence-electron chi connectivity index (χ0n) is 17.6. The molecule has 11 nitrogen and oxygen atoms in total. The highest BCUT2D eigenvalue weighted by Gasteiger charge is 2.40. The monoisotopic (exact) mass is 439 g/mol. The van der Waals surface area contributed by atoms with Gasteiger partial charge in [-0.15, -0.1) is 0 Å². The molecule has 0 radical (unpaired) electrons. The second kappa shape index (κ2) is 9.96. The van der Waals surface area contributed by atoms with Crippen LogP contribution in [-0.4, -0.2) is 69.7 Å². The van der Waals surface area contributed by atoms with Crippen molar-refractivity contribution in [1.82, 2.24) is 19.5 Å². The molecule has 0 saturated carbocycles. The van der Waals surface area contributed by atoms with E-state index in [0.29, 0.717) is 23.4 Å². The van der Waals surface area contributed by atoms with Gasteiger partial charge in [0.2, 0.25) is 0 Å². The number of esters is 2. The summed E-state index contributed by atoms with van der Waals surface area (Å²) in [7, 11) is 0. The fraction of sp³-hybridized carbons (Fsp3) is 0.632. The minimum atomic E-state index is -1.56. The molecule has 0 bridgehead atoms. The minimum absolute atomic E-state index is 0.0100. The van der Waals surface area contributed by atoms with Gasteiger partial charge < -0.3 is 24.7 Å². The van der Waals surface area contributed by atoms with Crippen LogP contribution in [0.15, 0.2) is 6.33 Å². The molecule has 1 aliphatic rings. The zero-order valence-corrected chi connectivity index (χ0v) is 17.6. The van der Waals surface area contributed by atoms with Crippen LogP contribution in [0.2, 0.25) is 0 Å². The second-order valence-electron chi connectivity index (χ2n) is 6.82. The molecule has 1 aliphatic heterocycles. The van der Waals surface area contributed by atoms with Crippen LogP contribution in [-0.2, 0) is 35.0 Å². The van der Waals surface area contributed by atoms with Crippen molar-refractivity contribution in [1.29, 1.82) is 0 Å². The summed E-state index contributed by atoms with van der Waals surface area (Å²) in [5, 5.41) is 0. The molecule has 1 saturated heterocycles. The number of hydrogen-bond acceptors (Lipinski definition) is 10. The Balaban J connectivity index is 1.72. The molecular formula is C19H26FN5O6. The number of nitrogen functional groups attached to an aromatic ring is 1. The smallest absolute Gasteiger partial charge is 0.347 e. The number of imidazole rings is 1. The Morgan fingerprint density at radius 3 is 2.55 bits per heavy atom. The predicted molar refractivity (Wildman–Crippen MR) is 106 cm³/mol. The summed E-state index contributed by atoms with van der Waals surface area (Å²) in [6.45, 7) is 5.03. The maximum Gasteiger partial charge on any atom is 0.347 e. The molecule has 3 heterocycles. The highest BCUT2D eigenvalue weighted by atomic mass is 19.1. The number of anilines is 1. The first-order valence-electron chi connectivity index (χ1n) is 10.1. The van der Waals surface area contributed by atoms with E-state index in [9.17, 15) is 14.0 Å². The molecule has 0 aromatic carbocycles. The largest absolute Gasteiger partial charge is 0.464 e. The molecule has 170 valence electrons. The van der Waals surface area contributed by atoms with Crippen LogP contribution in [0.5, 0.6) is 0 Å². The van der Waals surface area contributed by atoms with Gasteiger partial charge in [-0.3, -0.25) is 4.57 Å². The van der Waals surface area contributed by atoms with Gasteiger partial charge in [0.1, 0.15) is 17.5 Å². The third-order valence-electron chi connectivity index (χ3n) is 4.66. The van der Waals surface area contributed by atoms with E-state index in [1.807, 2.05) is 6.92 Å². The second-order valence-corrected chi connectivity index (χ2v) is 6.82. The van der Waals surface area contributed by atoms with Crippen LogP contribution in [0.3, 0.4) is 0 Å². The predicted octanol–water partition coefficient (Wildman–Crippen LogP) is 1.11. The van der Waals surface area contributed by atoms with E-state index in [1.165, 1.54) is 10.9 Å². The lowest BCUT2D eigenvalue weighted by Crippen LogP contribution is -2.38. The SMILES string of the molecule is CCOC(=O)C(OCC1CC(F)C(n2cnc3c(N)nc(CC)nc32)O1)C(=O)OCC. The Morgan fingerprint density at radius 1 is 1.26 bits per heavy atom. The van der Waals surface area contributed by atoms with Gasteiger partial charge in [-0.1, -0.05) is 6.92 Å². The van der Waals surface area contributed by atoms with E-state index in [-0.39, 0.29) is 32.1 Å². The van der Waals surface area contributed by atoms with Gasteiger partial charge in [-0.25, -0.2) is 28.9 Å². The number of hydrogen-bond donors (Lipinski definition) is 1. The van der Waals surface area contributed by atoms with Crippen molar-refractivity contribution in [3.63, 3.8) is 0 Å². The molecule has 0 amide bonds. The van der Waals surface area contributed by atoms with E-state index < -0.39 is 36.5 Å². The maximum absolute atomic E-state index is 14.8. The van der Waals surface area contributed by atoms with Gasteiger partial charge in [0.25, 0.3) is 6.10 Å². The van der Waals surface area contributed by atoms with Gasteiger partial charge in [0, 0.05) is 12.8 Å². The number of alkyl halides is 1. The molecule has 3 rings (SSSR count). The van der Waals surface area contributed by atoms with E-state index >= 15 is 0 Å². The first-order valence-corrected chi connectivity index (χ1v) is 10.1. The lowest BCUT2D eigenvalue weighted by molar-refractivity contribution is -0.175. The molecule has 3 unspecified atom stereocenters. The summed E-state index contributed by atoms with van der Waals surface area (Å²) in [5.41, 5.74) is 6.65. The lowest BCUT2D eigenvalue weighted by atomic mass is 10.2. The highest BCUT2D eigenvalue weighted by Crippen LogP contribution is 2.34. The summed E-state index contributed by atoms with van der Waals surface area (Å²) in [5.74, 6) is -1.02. The summed E-state index contributed by atoms with van der Waals surface area (Å²) in [6, 6.07) is 0. The Kier molecular flexibility index (Phi) is 7.33. The average molecular weight is 439 g/mol. The molecule has 0 aliphatic carbocycles.